The average molecular weight is 323 g/mol. The summed E-state index contributed by atoms with van der Waals surface area (Å²) in [4.78, 5) is 22.2. The van der Waals surface area contributed by atoms with E-state index < -0.39 is 22.3 Å². The van der Waals surface area contributed by atoms with Crippen LogP contribution < -0.4 is 10.6 Å². The second kappa shape index (κ2) is 8.57. The van der Waals surface area contributed by atoms with Gasteiger partial charge < -0.3 is 10.6 Å². The summed E-state index contributed by atoms with van der Waals surface area (Å²) < 4.78 is 13.1. The van der Waals surface area contributed by atoms with Crippen LogP contribution in [0.25, 0.3) is 0 Å². The minimum absolute atomic E-state index is 0.120. The van der Waals surface area contributed by atoms with Crippen molar-refractivity contribution in [2.75, 3.05) is 13.1 Å². The van der Waals surface area contributed by atoms with Crippen molar-refractivity contribution < 1.29 is 14.1 Å². The van der Waals surface area contributed by atoms with Crippen molar-refractivity contribution in [1.29, 1.82) is 0 Å². The predicted octanol–water partition coefficient (Wildman–Crippen LogP) is 2.78. The van der Waals surface area contributed by atoms with Gasteiger partial charge in [0.25, 0.3) is 11.6 Å². The summed E-state index contributed by atoms with van der Waals surface area (Å²) in [5.74, 6) is -1.29. The number of hydrogen-bond donors (Lipinski definition) is 2. The first-order valence-corrected chi connectivity index (χ1v) is 8.03. The van der Waals surface area contributed by atoms with Crippen molar-refractivity contribution in [3.63, 3.8) is 0 Å². The van der Waals surface area contributed by atoms with Crippen molar-refractivity contribution in [3.8, 4) is 0 Å². The topological polar surface area (TPSA) is 84.3 Å². The number of nitrogens with zero attached hydrogens (tertiary/aromatic N) is 1. The number of amides is 1. The lowest BCUT2D eigenvalue weighted by atomic mass is 10.1. The number of carbonyl (C=O) groups excluding carboxylic acids is 1. The molecule has 23 heavy (non-hydrogen) atoms. The molecule has 7 heteroatoms. The molecule has 1 amide bonds. The molecule has 0 bridgehead atoms. The van der Waals surface area contributed by atoms with Crippen LogP contribution in [0.4, 0.5) is 10.1 Å². The zero-order valence-electron chi connectivity index (χ0n) is 13.0. The van der Waals surface area contributed by atoms with E-state index in [1.165, 1.54) is 25.7 Å². The van der Waals surface area contributed by atoms with E-state index in [0.29, 0.717) is 19.1 Å². The molecule has 0 radical (unpaired) electrons. The Hall–Kier alpha value is -2.02. The fourth-order valence-corrected chi connectivity index (χ4v) is 2.88. The first-order chi connectivity index (χ1) is 11.1. The van der Waals surface area contributed by atoms with Crippen molar-refractivity contribution in [2.45, 2.75) is 44.6 Å². The maximum Gasteiger partial charge on any atom is 0.285 e. The third-order valence-electron chi connectivity index (χ3n) is 4.10. The Balaban J connectivity index is 1.82. The molecule has 1 aliphatic carbocycles. The fourth-order valence-electron chi connectivity index (χ4n) is 2.88. The van der Waals surface area contributed by atoms with E-state index in [-0.39, 0.29) is 5.56 Å². The minimum Gasteiger partial charge on any atom is -0.351 e. The van der Waals surface area contributed by atoms with Gasteiger partial charge in [0.1, 0.15) is 11.4 Å². The molecule has 1 saturated carbocycles. The van der Waals surface area contributed by atoms with Gasteiger partial charge in [-0.2, -0.15) is 0 Å². The molecular formula is C16H22FN3O3. The first kappa shape index (κ1) is 17.3. The Bertz CT molecular complexity index is 558. The summed E-state index contributed by atoms with van der Waals surface area (Å²) in [6.45, 7) is 0.995. The molecule has 1 aliphatic rings. The van der Waals surface area contributed by atoms with Crippen LogP contribution in [-0.2, 0) is 0 Å². The van der Waals surface area contributed by atoms with Crippen molar-refractivity contribution in [3.05, 3.63) is 39.7 Å². The monoisotopic (exact) mass is 323 g/mol. The van der Waals surface area contributed by atoms with Gasteiger partial charge in [-0.3, -0.25) is 14.9 Å². The second-order valence-corrected chi connectivity index (χ2v) is 5.82. The van der Waals surface area contributed by atoms with E-state index in [0.717, 1.165) is 31.0 Å². The highest BCUT2D eigenvalue weighted by Crippen LogP contribution is 2.19. The minimum atomic E-state index is -0.748. The molecule has 0 atom stereocenters. The number of nitro benzene ring substituents is 1. The maximum absolute atomic E-state index is 13.1. The molecule has 2 N–H and O–H groups in total. The SMILES string of the molecule is O=C(NCCNC1CCCCCC1)c1ccc(F)cc1[N+](=O)[O-]. The number of benzene rings is 1. The summed E-state index contributed by atoms with van der Waals surface area (Å²) in [5, 5.41) is 16.9. The Morgan fingerprint density at radius 3 is 2.57 bits per heavy atom. The van der Waals surface area contributed by atoms with Crippen LogP contribution in [0.2, 0.25) is 0 Å². The van der Waals surface area contributed by atoms with Crippen molar-refractivity contribution in [1.82, 2.24) is 10.6 Å². The van der Waals surface area contributed by atoms with Gasteiger partial charge in [-0.05, 0) is 25.0 Å². The van der Waals surface area contributed by atoms with E-state index >= 15 is 0 Å². The molecule has 1 aromatic rings. The van der Waals surface area contributed by atoms with Crippen LogP contribution in [-0.4, -0.2) is 30.0 Å². The number of nitrogens with one attached hydrogen (secondary N) is 2. The highest BCUT2D eigenvalue weighted by atomic mass is 19.1. The first-order valence-electron chi connectivity index (χ1n) is 8.03. The average Bonchev–Trinajstić information content (AvgIpc) is 2.80. The standard InChI is InChI=1S/C16H22FN3O3/c17-12-7-8-14(15(11-12)20(22)23)16(21)19-10-9-18-13-5-3-1-2-4-6-13/h7-8,11,13,18H,1-6,9-10H2,(H,19,21). The molecule has 0 saturated heterocycles. The predicted molar refractivity (Wildman–Crippen MR) is 84.9 cm³/mol. The lowest BCUT2D eigenvalue weighted by Crippen LogP contribution is -2.37. The second-order valence-electron chi connectivity index (χ2n) is 5.82. The number of nitro groups is 1. The summed E-state index contributed by atoms with van der Waals surface area (Å²) in [6, 6.07) is 3.43. The summed E-state index contributed by atoms with van der Waals surface area (Å²) in [7, 11) is 0. The van der Waals surface area contributed by atoms with E-state index in [4.69, 9.17) is 0 Å². The number of hydrogen-bond acceptors (Lipinski definition) is 4. The Labute approximate surface area is 134 Å². The van der Waals surface area contributed by atoms with E-state index in [9.17, 15) is 19.3 Å². The fraction of sp³-hybridized carbons (Fsp3) is 0.562. The molecule has 0 aliphatic heterocycles. The van der Waals surface area contributed by atoms with Crippen molar-refractivity contribution in [2.24, 2.45) is 0 Å². The highest BCUT2D eigenvalue weighted by molar-refractivity contribution is 5.98. The van der Waals surface area contributed by atoms with Crippen LogP contribution >= 0.6 is 0 Å². The quantitative estimate of drug-likeness (QED) is 0.365. The lowest BCUT2D eigenvalue weighted by molar-refractivity contribution is -0.385. The Morgan fingerprint density at radius 2 is 1.91 bits per heavy atom. The van der Waals surface area contributed by atoms with E-state index in [1.54, 1.807) is 0 Å². The Kier molecular flexibility index (Phi) is 6.46. The Morgan fingerprint density at radius 1 is 1.22 bits per heavy atom. The van der Waals surface area contributed by atoms with Gasteiger partial charge in [0.2, 0.25) is 0 Å². The largest absolute Gasteiger partial charge is 0.351 e. The van der Waals surface area contributed by atoms with E-state index in [1.807, 2.05) is 0 Å². The molecule has 126 valence electrons. The van der Waals surface area contributed by atoms with Crippen molar-refractivity contribution >= 4 is 11.6 Å². The molecule has 0 heterocycles. The van der Waals surface area contributed by atoms with Crippen LogP contribution in [0, 0.1) is 15.9 Å². The molecule has 6 nitrogen and oxygen atoms in total. The molecular weight excluding hydrogens is 301 g/mol. The van der Waals surface area contributed by atoms with Gasteiger partial charge in [0.15, 0.2) is 0 Å². The summed E-state index contributed by atoms with van der Waals surface area (Å²) in [6.07, 6.45) is 7.32. The van der Waals surface area contributed by atoms with Gasteiger partial charge in [0.05, 0.1) is 11.0 Å². The smallest absolute Gasteiger partial charge is 0.285 e. The van der Waals surface area contributed by atoms with Gasteiger partial charge >= 0.3 is 0 Å². The third kappa shape index (κ3) is 5.28. The normalized spacial score (nSPS) is 15.9. The third-order valence-corrected chi connectivity index (χ3v) is 4.10. The van der Waals surface area contributed by atoms with E-state index in [2.05, 4.69) is 10.6 Å². The van der Waals surface area contributed by atoms with Crippen LogP contribution in [0.3, 0.4) is 0 Å². The molecule has 0 spiro atoms. The number of halogens is 1. The van der Waals surface area contributed by atoms with Gasteiger partial charge in [-0.25, -0.2) is 4.39 Å². The van der Waals surface area contributed by atoms with Gasteiger partial charge in [0, 0.05) is 19.1 Å². The number of carbonyl (C=O) groups is 1. The van der Waals surface area contributed by atoms with Crippen LogP contribution in [0.5, 0.6) is 0 Å². The maximum atomic E-state index is 13.1. The number of rotatable bonds is 6. The molecule has 0 unspecified atom stereocenters. The molecule has 1 aromatic carbocycles. The summed E-state index contributed by atoms with van der Waals surface area (Å²) >= 11 is 0. The van der Waals surface area contributed by atoms with Crippen LogP contribution in [0.1, 0.15) is 48.9 Å². The molecule has 0 aromatic heterocycles. The van der Waals surface area contributed by atoms with Crippen LogP contribution in [0.15, 0.2) is 18.2 Å². The molecule has 2 rings (SSSR count). The molecule has 1 fully saturated rings. The zero-order chi connectivity index (χ0) is 16.7. The van der Waals surface area contributed by atoms with Gasteiger partial charge in [-0.1, -0.05) is 25.7 Å². The highest BCUT2D eigenvalue weighted by Gasteiger charge is 2.20. The zero-order valence-corrected chi connectivity index (χ0v) is 13.0. The summed E-state index contributed by atoms with van der Waals surface area (Å²) in [5.41, 5.74) is -0.634. The lowest BCUT2D eigenvalue weighted by Gasteiger charge is -2.16. The van der Waals surface area contributed by atoms with Gasteiger partial charge in [-0.15, -0.1) is 0 Å².